The Bertz CT molecular complexity index is 700. The zero-order chi connectivity index (χ0) is 13.0. The molecule has 19 heavy (non-hydrogen) atoms. The number of rotatable bonds is 0. The van der Waals surface area contributed by atoms with Gasteiger partial charge in [0.15, 0.2) is 0 Å². The molecule has 2 aliphatic rings. The van der Waals surface area contributed by atoms with Crippen LogP contribution in [0.1, 0.15) is 28.4 Å². The molecule has 0 unspecified atom stereocenters. The lowest BCUT2D eigenvalue weighted by molar-refractivity contribution is 0.0470. The van der Waals surface area contributed by atoms with Crippen LogP contribution in [0.3, 0.4) is 0 Å². The third kappa shape index (κ3) is 1.44. The molecule has 0 saturated carbocycles. The predicted octanol–water partition coefficient (Wildman–Crippen LogP) is 2.68. The van der Waals surface area contributed by atoms with Crippen molar-refractivity contribution in [1.29, 1.82) is 0 Å². The zero-order valence-corrected chi connectivity index (χ0v) is 10.4. The van der Waals surface area contributed by atoms with Gasteiger partial charge in [-0.05, 0) is 39.8 Å². The average Bonchev–Trinajstić information content (AvgIpc) is 2.81. The second-order valence-electron chi connectivity index (χ2n) is 5.23. The highest BCUT2D eigenvalue weighted by Crippen LogP contribution is 2.43. The first kappa shape index (κ1) is 11.0. The van der Waals surface area contributed by atoms with Crippen molar-refractivity contribution in [2.45, 2.75) is 18.6 Å². The average molecular weight is 250 g/mol. The molecule has 2 aliphatic carbocycles. The van der Waals surface area contributed by atoms with E-state index in [0.29, 0.717) is 0 Å². The molecule has 2 N–H and O–H groups in total. The minimum absolute atomic E-state index is 0.804. The first-order valence-corrected chi connectivity index (χ1v) is 6.54. The molecular weight excluding hydrogens is 236 g/mol. The minimum Gasteiger partial charge on any atom is -0.386 e. The van der Waals surface area contributed by atoms with Crippen molar-refractivity contribution in [3.05, 3.63) is 64.7 Å². The highest BCUT2D eigenvalue weighted by molar-refractivity contribution is 5.86. The van der Waals surface area contributed by atoms with Crippen molar-refractivity contribution < 1.29 is 10.2 Å². The van der Waals surface area contributed by atoms with Crippen LogP contribution in [-0.4, -0.2) is 16.3 Å². The molecule has 2 aromatic rings. The van der Waals surface area contributed by atoms with Gasteiger partial charge in [-0.15, -0.1) is 0 Å². The lowest BCUT2D eigenvalue weighted by Gasteiger charge is -2.24. The van der Waals surface area contributed by atoms with Gasteiger partial charge in [0.25, 0.3) is 0 Å². The summed E-state index contributed by atoms with van der Waals surface area (Å²) in [6, 6.07) is 12.4. The number of benzene rings is 2. The monoisotopic (exact) mass is 250 g/mol. The van der Waals surface area contributed by atoms with Gasteiger partial charge in [-0.3, -0.25) is 0 Å². The van der Waals surface area contributed by atoms with Gasteiger partial charge >= 0.3 is 0 Å². The molecule has 0 spiro atoms. The second kappa shape index (κ2) is 3.80. The van der Waals surface area contributed by atoms with Crippen LogP contribution in [-0.2, 0) is 6.42 Å². The largest absolute Gasteiger partial charge is 0.386 e. The van der Waals surface area contributed by atoms with E-state index in [1.165, 1.54) is 22.3 Å². The summed E-state index contributed by atoms with van der Waals surface area (Å²) in [6.45, 7) is 0. The van der Waals surface area contributed by atoms with Crippen LogP contribution in [0.4, 0.5) is 0 Å². The Morgan fingerprint density at radius 3 is 2.68 bits per heavy atom. The summed E-state index contributed by atoms with van der Waals surface area (Å²) in [4.78, 5) is 0. The normalized spacial score (nSPS) is 22.8. The summed E-state index contributed by atoms with van der Waals surface area (Å²) >= 11 is 0. The molecule has 2 heteroatoms. The summed E-state index contributed by atoms with van der Waals surface area (Å²) in [5, 5.41) is 19.8. The van der Waals surface area contributed by atoms with Crippen LogP contribution in [0.25, 0.3) is 17.2 Å². The maximum absolute atomic E-state index is 10.1. The molecule has 0 fully saturated rings. The fourth-order valence-corrected chi connectivity index (χ4v) is 3.19. The van der Waals surface area contributed by atoms with Crippen LogP contribution in [0.2, 0.25) is 0 Å². The highest BCUT2D eigenvalue weighted by Gasteiger charge is 2.28. The summed E-state index contributed by atoms with van der Waals surface area (Å²) < 4.78 is 0. The Kier molecular flexibility index (Phi) is 2.19. The molecular formula is C17H14O2. The third-order valence-electron chi connectivity index (χ3n) is 4.14. The van der Waals surface area contributed by atoms with Crippen molar-refractivity contribution in [1.82, 2.24) is 0 Å². The maximum Gasteiger partial charge on any atom is 0.109 e. The van der Waals surface area contributed by atoms with Crippen LogP contribution >= 0.6 is 0 Å². The molecule has 2 atom stereocenters. The number of aliphatic hydroxyl groups excluding tert-OH is 2. The maximum atomic E-state index is 10.1. The number of aliphatic hydroxyl groups is 2. The quantitative estimate of drug-likeness (QED) is 0.644. The van der Waals surface area contributed by atoms with Gasteiger partial charge in [0.05, 0.1) is 0 Å². The van der Waals surface area contributed by atoms with E-state index in [1.54, 1.807) is 6.08 Å². The standard InChI is InChI=1S/C17H14O2/c18-15-8-7-13-14(17(15)19)6-5-11-9-10-3-1-2-4-12(10)16(11)13/h1-8,15,17-19H,9H2/t15-,17-/m0/s1. The topological polar surface area (TPSA) is 40.5 Å². The summed E-state index contributed by atoms with van der Waals surface area (Å²) in [5.41, 5.74) is 6.98. The molecule has 0 radical (unpaired) electrons. The Morgan fingerprint density at radius 1 is 0.947 bits per heavy atom. The van der Waals surface area contributed by atoms with Crippen molar-refractivity contribution in [3.8, 4) is 11.1 Å². The van der Waals surface area contributed by atoms with Crippen LogP contribution < -0.4 is 0 Å². The lowest BCUT2D eigenvalue weighted by atomic mass is 9.87. The molecule has 0 aromatic heterocycles. The summed E-state index contributed by atoms with van der Waals surface area (Å²) in [6.07, 6.45) is 2.94. The molecule has 0 heterocycles. The van der Waals surface area contributed by atoms with Gasteiger partial charge in [0.2, 0.25) is 0 Å². The minimum atomic E-state index is -0.821. The number of fused-ring (bicyclic) bond motifs is 5. The molecule has 0 bridgehead atoms. The zero-order valence-electron chi connectivity index (χ0n) is 10.4. The molecule has 0 saturated heterocycles. The van der Waals surface area contributed by atoms with E-state index < -0.39 is 12.2 Å². The van der Waals surface area contributed by atoms with Crippen LogP contribution in [0.15, 0.2) is 42.5 Å². The fourth-order valence-electron chi connectivity index (χ4n) is 3.19. The SMILES string of the molecule is O[C@H]1C=Cc2c(ccc3c2-c2ccccc2C3)[C@@H]1O. The Morgan fingerprint density at radius 2 is 1.79 bits per heavy atom. The van der Waals surface area contributed by atoms with Crippen molar-refractivity contribution in [2.75, 3.05) is 0 Å². The molecule has 2 nitrogen and oxygen atoms in total. The van der Waals surface area contributed by atoms with E-state index in [1.807, 2.05) is 18.2 Å². The number of hydrogen-bond donors (Lipinski definition) is 2. The molecule has 2 aromatic carbocycles. The molecule has 0 amide bonds. The number of hydrogen-bond acceptors (Lipinski definition) is 2. The smallest absolute Gasteiger partial charge is 0.109 e. The van der Waals surface area contributed by atoms with E-state index in [2.05, 4.69) is 24.3 Å². The van der Waals surface area contributed by atoms with Gasteiger partial charge in [0.1, 0.15) is 12.2 Å². The van der Waals surface area contributed by atoms with Gasteiger partial charge in [-0.1, -0.05) is 48.6 Å². The summed E-state index contributed by atoms with van der Waals surface area (Å²) in [7, 11) is 0. The van der Waals surface area contributed by atoms with Crippen LogP contribution in [0, 0.1) is 0 Å². The third-order valence-corrected chi connectivity index (χ3v) is 4.14. The van der Waals surface area contributed by atoms with E-state index in [4.69, 9.17) is 0 Å². The summed E-state index contributed by atoms with van der Waals surface area (Å²) in [5.74, 6) is 0. The fraction of sp³-hybridized carbons (Fsp3) is 0.176. The second-order valence-corrected chi connectivity index (χ2v) is 5.23. The first-order chi connectivity index (χ1) is 9.25. The first-order valence-electron chi connectivity index (χ1n) is 6.54. The van der Waals surface area contributed by atoms with Gasteiger partial charge in [0, 0.05) is 0 Å². The Hall–Kier alpha value is -1.90. The predicted molar refractivity (Wildman–Crippen MR) is 74.7 cm³/mol. The van der Waals surface area contributed by atoms with E-state index in [0.717, 1.165) is 17.5 Å². The van der Waals surface area contributed by atoms with Gasteiger partial charge in [-0.25, -0.2) is 0 Å². The van der Waals surface area contributed by atoms with Gasteiger partial charge in [-0.2, -0.15) is 0 Å². The molecule has 94 valence electrons. The highest BCUT2D eigenvalue weighted by atomic mass is 16.3. The van der Waals surface area contributed by atoms with E-state index in [9.17, 15) is 10.2 Å². The van der Waals surface area contributed by atoms with Crippen molar-refractivity contribution >= 4 is 6.08 Å². The van der Waals surface area contributed by atoms with Crippen LogP contribution in [0.5, 0.6) is 0 Å². The lowest BCUT2D eigenvalue weighted by Crippen LogP contribution is -2.19. The molecule has 0 aliphatic heterocycles. The van der Waals surface area contributed by atoms with Gasteiger partial charge < -0.3 is 10.2 Å². The van der Waals surface area contributed by atoms with E-state index in [-0.39, 0.29) is 0 Å². The van der Waals surface area contributed by atoms with Crippen molar-refractivity contribution in [3.63, 3.8) is 0 Å². The Labute approximate surface area is 111 Å². The Balaban J connectivity index is 2.01. The van der Waals surface area contributed by atoms with Crippen molar-refractivity contribution in [2.24, 2.45) is 0 Å². The van der Waals surface area contributed by atoms with E-state index >= 15 is 0 Å². The molecule has 4 rings (SSSR count).